The first-order valence-corrected chi connectivity index (χ1v) is 3.75. The Morgan fingerprint density at radius 2 is 2.09 bits per heavy atom. The van der Waals surface area contributed by atoms with Gasteiger partial charge in [-0.05, 0) is 6.92 Å². The van der Waals surface area contributed by atoms with E-state index in [9.17, 15) is 5.11 Å². The molecule has 60 valence electrons. The maximum atomic E-state index is 9.18. The topological polar surface area (TPSA) is 46.0 Å². The quantitative estimate of drug-likeness (QED) is 0.656. The third-order valence-corrected chi connectivity index (χ3v) is 1.79. The highest BCUT2D eigenvalue weighted by atomic mass is 35.5. The Morgan fingerprint density at radius 1 is 1.45 bits per heavy atom. The molecule has 1 rings (SSSR count). The molecule has 0 spiro atoms. The second-order valence-corrected chi connectivity index (χ2v) is 2.59. The van der Waals surface area contributed by atoms with Gasteiger partial charge in [-0.1, -0.05) is 18.5 Å². The van der Waals surface area contributed by atoms with E-state index in [1.807, 2.05) is 6.92 Å². The lowest BCUT2D eigenvalue weighted by molar-refractivity contribution is 0.444. The van der Waals surface area contributed by atoms with Gasteiger partial charge in [0.2, 0.25) is 5.88 Å². The molecule has 0 saturated carbocycles. The minimum atomic E-state index is -0.0261. The molecule has 1 aromatic rings. The maximum Gasteiger partial charge on any atom is 0.218 e. The average molecular weight is 173 g/mol. The van der Waals surface area contributed by atoms with Crippen LogP contribution in [0.5, 0.6) is 5.88 Å². The Labute approximate surface area is 70.1 Å². The molecule has 0 radical (unpaired) electrons. The highest BCUT2D eigenvalue weighted by molar-refractivity contribution is 6.30. The van der Waals surface area contributed by atoms with Crippen LogP contribution in [0.3, 0.4) is 0 Å². The monoisotopic (exact) mass is 172 g/mol. The van der Waals surface area contributed by atoms with Gasteiger partial charge >= 0.3 is 0 Å². The number of rotatable bonds is 1. The van der Waals surface area contributed by atoms with Gasteiger partial charge in [0.1, 0.15) is 11.0 Å². The molecular weight excluding hydrogens is 164 g/mol. The van der Waals surface area contributed by atoms with E-state index in [0.717, 1.165) is 0 Å². The summed E-state index contributed by atoms with van der Waals surface area (Å²) in [5.74, 6) is 0.542. The van der Waals surface area contributed by atoms with E-state index >= 15 is 0 Å². The van der Waals surface area contributed by atoms with E-state index in [4.69, 9.17) is 11.6 Å². The summed E-state index contributed by atoms with van der Waals surface area (Å²) in [4.78, 5) is 7.76. The second-order valence-electron chi connectivity index (χ2n) is 2.23. The number of nitrogens with zero attached hydrogens (tertiary/aromatic N) is 2. The third-order valence-electron chi connectivity index (χ3n) is 1.42. The van der Waals surface area contributed by atoms with Crippen LogP contribution in [0.4, 0.5) is 0 Å². The van der Waals surface area contributed by atoms with Crippen molar-refractivity contribution in [2.24, 2.45) is 0 Å². The minimum absolute atomic E-state index is 0.0261. The molecule has 11 heavy (non-hydrogen) atoms. The normalized spacial score (nSPS) is 10.1. The van der Waals surface area contributed by atoms with Crippen molar-refractivity contribution in [2.75, 3.05) is 0 Å². The summed E-state index contributed by atoms with van der Waals surface area (Å²) < 4.78 is 0. The third kappa shape index (κ3) is 1.60. The summed E-state index contributed by atoms with van der Waals surface area (Å²) in [5.41, 5.74) is 0.531. The molecule has 0 aliphatic rings. The summed E-state index contributed by atoms with van der Waals surface area (Å²) >= 11 is 5.69. The van der Waals surface area contributed by atoms with Crippen LogP contribution in [0.2, 0.25) is 5.15 Å². The Kier molecular flexibility index (Phi) is 2.29. The van der Waals surface area contributed by atoms with Crippen molar-refractivity contribution in [3.05, 3.63) is 16.5 Å². The zero-order valence-corrected chi connectivity index (χ0v) is 7.18. The van der Waals surface area contributed by atoms with E-state index in [1.165, 1.54) is 0 Å². The number of hydrogen-bond acceptors (Lipinski definition) is 3. The Hall–Kier alpha value is -0.830. The fourth-order valence-corrected chi connectivity index (χ4v) is 0.861. The van der Waals surface area contributed by atoms with Crippen molar-refractivity contribution in [2.45, 2.75) is 20.3 Å². The number of aromatic nitrogens is 2. The lowest BCUT2D eigenvalue weighted by atomic mass is 10.3. The Bertz CT molecular complexity index is 252. The number of halogens is 1. The molecular formula is C7H9ClN2O. The van der Waals surface area contributed by atoms with Crippen LogP contribution >= 0.6 is 11.6 Å². The van der Waals surface area contributed by atoms with Crippen LogP contribution in [0.1, 0.15) is 18.3 Å². The maximum absolute atomic E-state index is 9.18. The molecule has 3 nitrogen and oxygen atoms in total. The first-order chi connectivity index (χ1) is 5.15. The summed E-state index contributed by atoms with van der Waals surface area (Å²) in [5, 5.41) is 9.50. The number of hydrogen-bond donors (Lipinski definition) is 1. The largest absolute Gasteiger partial charge is 0.493 e. The van der Waals surface area contributed by atoms with Crippen LogP contribution in [-0.2, 0) is 6.42 Å². The summed E-state index contributed by atoms with van der Waals surface area (Å²) in [6.07, 6.45) is 0.674. The SMILES string of the molecule is CCc1nc(O)c(C)c(Cl)n1. The van der Waals surface area contributed by atoms with Crippen LogP contribution < -0.4 is 0 Å². The van der Waals surface area contributed by atoms with Crippen LogP contribution in [0.15, 0.2) is 0 Å². The molecule has 0 aliphatic carbocycles. The fraction of sp³-hybridized carbons (Fsp3) is 0.429. The molecule has 0 atom stereocenters. The van der Waals surface area contributed by atoms with E-state index < -0.39 is 0 Å². The summed E-state index contributed by atoms with van der Waals surface area (Å²) in [6.45, 7) is 3.58. The molecule has 0 saturated heterocycles. The molecule has 1 aromatic heterocycles. The molecule has 0 bridgehead atoms. The first-order valence-electron chi connectivity index (χ1n) is 3.37. The van der Waals surface area contributed by atoms with Gasteiger partial charge in [-0.2, -0.15) is 4.98 Å². The standard InChI is InChI=1S/C7H9ClN2O/c1-3-5-9-6(8)4(2)7(11)10-5/h3H2,1-2H3,(H,9,10,11). The van der Waals surface area contributed by atoms with Gasteiger partial charge in [0.05, 0.1) is 0 Å². The lowest BCUT2D eigenvalue weighted by Crippen LogP contribution is -1.95. The summed E-state index contributed by atoms with van der Waals surface area (Å²) in [6, 6.07) is 0. The van der Waals surface area contributed by atoms with Crippen LogP contribution in [0.25, 0.3) is 0 Å². The van der Waals surface area contributed by atoms with E-state index in [2.05, 4.69) is 9.97 Å². The second kappa shape index (κ2) is 3.05. The van der Waals surface area contributed by atoms with Crippen LogP contribution in [0, 0.1) is 6.92 Å². The lowest BCUT2D eigenvalue weighted by Gasteiger charge is -2.01. The predicted octanol–water partition coefficient (Wildman–Crippen LogP) is 1.71. The smallest absolute Gasteiger partial charge is 0.218 e. The zero-order valence-electron chi connectivity index (χ0n) is 6.43. The van der Waals surface area contributed by atoms with Gasteiger partial charge in [0.15, 0.2) is 0 Å². The molecule has 0 amide bonds. The first kappa shape index (κ1) is 8.27. The summed E-state index contributed by atoms with van der Waals surface area (Å²) in [7, 11) is 0. The molecule has 0 unspecified atom stereocenters. The highest BCUT2D eigenvalue weighted by Crippen LogP contribution is 2.19. The number of aryl methyl sites for hydroxylation is 1. The Morgan fingerprint density at radius 3 is 2.55 bits per heavy atom. The fourth-order valence-electron chi connectivity index (χ4n) is 0.679. The minimum Gasteiger partial charge on any atom is -0.493 e. The van der Waals surface area contributed by atoms with Gasteiger partial charge in [-0.25, -0.2) is 4.98 Å². The van der Waals surface area contributed by atoms with Crippen molar-refractivity contribution in [3.63, 3.8) is 0 Å². The van der Waals surface area contributed by atoms with Crippen LogP contribution in [-0.4, -0.2) is 15.1 Å². The van der Waals surface area contributed by atoms with Crippen molar-refractivity contribution in [3.8, 4) is 5.88 Å². The molecule has 1 heterocycles. The number of aromatic hydroxyl groups is 1. The van der Waals surface area contributed by atoms with Gasteiger partial charge in [0.25, 0.3) is 0 Å². The van der Waals surface area contributed by atoms with Crippen molar-refractivity contribution in [1.29, 1.82) is 0 Å². The molecule has 0 aliphatic heterocycles. The van der Waals surface area contributed by atoms with Gasteiger partial charge in [-0.3, -0.25) is 0 Å². The van der Waals surface area contributed by atoms with E-state index in [-0.39, 0.29) is 5.88 Å². The van der Waals surface area contributed by atoms with Crippen molar-refractivity contribution in [1.82, 2.24) is 9.97 Å². The zero-order chi connectivity index (χ0) is 8.43. The van der Waals surface area contributed by atoms with Gasteiger partial charge in [0, 0.05) is 12.0 Å². The average Bonchev–Trinajstić information content (AvgIpc) is 1.99. The molecule has 0 aromatic carbocycles. The van der Waals surface area contributed by atoms with Gasteiger partial charge in [-0.15, -0.1) is 0 Å². The highest BCUT2D eigenvalue weighted by Gasteiger charge is 2.05. The van der Waals surface area contributed by atoms with Crippen molar-refractivity contribution < 1.29 is 5.11 Å². The molecule has 4 heteroatoms. The van der Waals surface area contributed by atoms with E-state index in [1.54, 1.807) is 6.92 Å². The predicted molar refractivity (Wildman–Crippen MR) is 42.8 cm³/mol. The molecule has 0 fully saturated rings. The Balaban J connectivity index is 3.21. The van der Waals surface area contributed by atoms with E-state index in [0.29, 0.717) is 23.0 Å². The molecule has 1 N–H and O–H groups in total. The van der Waals surface area contributed by atoms with Gasteiger partial charge < -0.3 is 5.11 Å². The van der Waals surface area contributed by atoms with Crippen molar-refractivity contribution >= 4 is 11.6 Å².